The molecule has 0 spiro atoms. The molecule has 1 aliphatic heterocycles. The second kappa shape index (κ2) is 12.1. The maximum Gasteiger partial charge on any atom is 0.350 e. The van der Waals surface area contributed by atoms with E-state index >= 15 is 0 Å². The number of hydrogen-bond acceptors (Lipinski definition) is 11. The standard InChI is InChI=1S/C29H28N2O9S/c1-7-12-40-18-10-8-16(9-11-18)23(32)21-22(17-13-19(36-3)25(38-5)20(14-17)37-4)31(27(34)24(21)33)29-30-15(2)26(41-29)28(35)39-6/h7-11,13-14,22,32H,1,12H2,2-6H3/b23-21+. The van der Waals surface area contributed by atoms with Crippen LogP contribution in [-0.2, 0) is 14.3 Å². The summed E-state index contributed by atoms with van der Waals surface area (Å²) in [4.78, 5) is 45.2. The van der Waals surface area contributed by atoms with Crippen molar-refractivity contribution in [3.63, 3.8) is 0 Å². The van der Waals surface area contributed by atoms with Crippen LogP contribution in [0.3, 0.4) is 0 Å². The van der Waals surface area contributed by atoms with E-state index in [9.17, 15) is 19.5 Å². The molecule has 4 rings (SSSR count). The molecule has 1 aromatic heterocycles. The fourth-order valence-corrected chi connectivity index (χ4v) is 5.40. The summed E-state index contributed by atoms with van der Waals surface area (Å²) in [6, 6.07) is 8.35. The maximum absolute atomic E-state index is 13.6. The second-order valence-electron chi connectivity index (χ2n) is 8.65. The van der Waals surface area contributed by atoms with Gasteiger partial charge in [-0.15, -0.1) is 0 Å². The van der Waals surface area contributed by atoms with Gasteiger partial charge in [-0.1, -0.05) is 24.0 Å². The number of aliphatic hydroxyl groups excluding tert-OH is 1. The van der Waals surface area contributed by atoms with E-state index in [1.807, 2.05) is 0 Å². The van der Waals surface area contributed by atoms with Crippen molar-refractivity contribution in [2.75, 3.05) is 39.9 Å². The summed E-state index contributed by atoms with van der Waals surface area (Å²) in [6.07, 6.45) is 1.60. The van der Waals surface area contributed by atoms with Crippen molar-refractivity contribution in [3.8, 4) is 23.0 Å². The Morgan fingerprint density at radius 3 is 2.24 bits per heavy atom. The number of methoxy groups -OCH3 is 4. The summed E-state index contributed by atoms with van der Waals surface area (Å²) in [7, 11) is 5.54. The average Bonchev–Trinajstić information content (AvgIpc) is 3.50. The molecule has 214 valence electrons. The van der Waals surface area contributed by atoms with Crippen LogP contribution >= 0.6 is 11.3 Å². The molecule has 41 heavy (non-hydrogen) atoms. The van der Waals surface area contributed by atoms with Gasteiger partial charge in [-0.25, -0.2) is 9.78 Å². The van der Waals surface area contributed by atoms with E-state index in [0.717, 1.165) is 16.2 Å². The highest BCUT2D eigenvalue weighted by Crippen LogP contribution is 2.48. The van der Waals surface area contributed by atoms with Gasteiger partial charge in [-0.3, -0.25) is 14.5 Å². The zero-order valence-corrected chi connectivity index (χ0v) is 23.9. The number of anilines is 1. The van der Waals surface area contributed by atoms with Crippen molar-refractivity contribution < 1.29 is 43.2 Å². The van der Waals surface area contributed by atoms with E-state index in [2.05, 4.69) is 11.6 Å². The van der Waals surface area contributed by atoms with Crippen molar-refractivity contribution in [1.82, 2.24) is 4.98 Å². The number of aliphatic hydroxyl groups is 1. The van der Waals surface area contributed by atoms with Crippen LogP contribution in [0.15, 0.2) is 54.6 Å². The Bertz CT molecular complexity index is 1520. The highest BCUT2D eigenvalue weighted by Gasteiger charge is 2.49. The topological polar surface area (TPSA) is 134 Å². The summed E-state index contributed by atoms with van der Waals surface area (Å²) in [5.74, 6) is -1.58. The predicted molar refractivity (Wildman–Crippen MR) is 151 cm³/mol. The van der Waals surface area contributed by atoms with Crippen LogP contribution < -0.4 is 23.8 Å². The van der Waals surface area contributed by atoms with Crippen LogP contribution in [0.25, 0.3) is 5.76 Å². The van der Waals surface area contributed by atoms with Gasteiger partial charge in [-0.05, 0) is 48.9 Å². The molecule has 0 radical (unpaired) electrons. The van der Waals surface area contributed by atoms with E-state index in [0.29, 0.717) is 29.4 Å². The molecule has 0 aliphatic carbocycles. The van der Waals surface area contributed by atoms with Crippen molar-refractivity contribution in [1.29, 1.82) is 0 Å². The molecule has 1 atom stereocenters. The Labute approximate surface area is 240 Å². The lowest BCUT2D eigenvalue weighted by molar-refractivity contribution is -0.132. The predicted octanol–water partition coefficient (Wildman–Crippen LogP) is 4.46. The molecule has 1 aliphatic rings. The van der Waals surface area contributed by atoms with Gasteiger partial charge >= 0.3 is 11.9 Å². The van der Waals surface area contributed by atoms with Crippen LogP contribution in [-0.4, -0.2) is 62.8 Å². The van der Waals surface area contributed by atoms with Gasteiger partial charge in [0.05, 0.1) is 45.7 Å². The summed E-state index contributed by atoms with van der Waals surface area (Å²) >= 11 is 0.892. The molecular formula is C29H28N2O9S. The Morgan fingerprint density at radius 1 is 1.07 bits per heavy atom. The number of esters is 1. The third-order valence-electron chi connectivity index (χ3n) is 6.31. The van der Waals surface area contributed by atoms with E-state index < -0.39 is 29.5 Å². The van der Waals surface area contributed by atoms with Crippen molar-refractivity contribution >= 4 is 39.9 Å². The quantitative estimate of drug-likeness (QED) is 0.120. The molecule has 12 heteroatoms. The number of hydrogen-bond donors (Lipinski definition) is 1. The summed E-state index contributed by atoms with van der Waals surface area (Å²) in [5, 5.41) is 11.5. The van der Waals surface area contributed by atoms with E-state index in [4.69, 9.17) is 23.7 Å². The lowest BCUT2D eigenvalue weighted by Crippen LogP contribution is -2.29. The molecular weight excluding hydrogens is 552 g/mol. The molecule has 1 unspecified atom stereocenters. The number of aromatic nitrogens is 1. The largest absolute Gasteiger partial charge is 0.507 e. The van der Waals surface area contributed by atoms with Crippen LogP contribution in [0.4, 0.5) is 5.13 Å². The summed E-state index contributed by atoms with van der Waals surface area (Å²) in [6.45, 7) is 5.49. The number of Topliss-reactive ketones (excluding diaryl/α,β-unsaturated/α-hetero) is 1. The number of thiazole rings is 1. The average molecular weight is 581 g/mol. The number of nitrogens with zero attached hydrogens (tertiary/aromatic N) is 2. The monoisotopic (exact) mass is 580 g/mol. The Balaban J connectivity index is 1.96. The maximum atomic E-state index is 13.6. The van der Waals surface area contributed by atoms with Gasteiger partial charge < -0.3 is 28.8 Å². The van der Waals surface area contributed by atoms with Crippen LogP contribution in [0.1, 0.15) is 32.5 Å². The van der Waals surface area contributed by atoms with E-state index in [1.54, 1.807) is 49.4 Å². The molecule has 1 amide bonds. The normalized spacial score (nSPS) is 15.9. The molecule has 1 saturated heterocycles. The van der Waals surface area contributed by atoms with Crippen LogP contribution in [0.2, 0.25) is 0 Å². The minimum Gasteiger partial charge on any atom is -0.507 e. The van der Waals surface area contributed by atoms with E-state index in [1.165, 1.54) is 28.4 Å². The van der Waals surface area contributed by atoms with Gasteiger partial charge in [0.1, 0.15) is 23.0 Å². The van der Waals surface area contributed by atoms with Crippen molar-refractivity contribution in [2.45, 2.75) is 13.0 Å². The highest BCUT2D eigenvalue weighted by atomic mass is 32.1. The van der Waals surface area contributed by atoms with Crippen LogP contribution in [0.5, 0.6) is 23.0 Å². The minimum atomic E-state index is -1.17. The van der Waals surface area contributed by atoms with Gasteiger partial charge in [0.2, 0.25) is 5.75 Å². The fraction of sp³-hybridized carbons (Fsp3) is 0.241. The van der Waals surface area contributed by atoms with Crippen LogP contribution in [0, 0.1) is 6.92 Å². The Kier molecular flexibility index (Phi) is 8.62. The molecule has 3 aromatic rings. The minimum absolute atomic E-state index is 0.0657. The Hall–Kier alpha value is -4.84. The number of rotatable bonds is 10. The second-order valence-corrected chi connectivity index (χ2v) is 9.63. The van der Waals surface area contributed by atoms with Gasteiger partial charge in [0.15, 0.2) is 16.6 Å². The molecule has 2 aromatic carbocycles. The number of ketones is 1. The zero-order chi connectivity index (χ0) is 29.8. The molecule has 11 nitrogen and oxygen atoms in total. The number of amides is 1. The lowest BCUT2D eigenvalue weighted by Gasteiger charge is -2.24. The first kappa shape index (κ1) is 29.2. The van der Waals surface area contributed by atoms with Gasteiger partial charge in [-0.2, -0.15) is 0 Å². The number of carbonyl (C=O) groups is 3. The first-order chi connectivity index (χ1) is 19.7. The summed E-state index contributed by atoms with van der Waals surface area (Å²) < 4.78 is 26.8. The van der Waals surface area contributed by atoms with Gasteiger partial charge in [0, 0.05) is 5.56 Å². The highest BCUT2D eigenvalue weighted by molar-refractivity contribution is 7.17. The Morgan fingerprint density at radius 2 is 1.71 bits per heavy atom. The fourth-order valence-electron chi connectivity index (χ4n) is 4.39. The number of carbonyl (C=O) groups excluding carboxylic acids is 3. The third kappa shape index (κ3) is 5.33. The molecule has 2 heterocycles. The number of aryl methyl sites for hydroxylation is 1. The van der Waals surface area contributed by atoms with Crippen molar-refractivity contribution in [2.24, 2.45) is 0 Å². The smallest absolute Gasteiger partial charge is 0.350 e. The molecule has 1 N–H and O–H groups in total. The zero-order valence-electron chi connectivity index (χ0n) is 23.0. The molecule has 1 fully saturated rings. The summed E-state index contributed by atoms with van der Waals surface area (Å²) in [5.41, 5.74) is 0.754. The third-order valence-corrected chi connectivity index (χ3v) is 7.44. The number of benzene rings is 2. The number of ether oxygens (including phenoxy) is 5. The SMILES string of the molecule is C=CCOc1ccc(/C(O)=C2\C(=O)C(=O)N(c3nc(C)c(C(=O)OC)s3)C2c2cc(OC)c(OC)c(OC)c2)cc1. The first-order valence-corrected chi connectivity index (χ1v) is 13.0. The lowest BCUT2D eigenvalue weighted by atomic mass is 9.94. The molecule has 0 bridgehead atoms. The van der Waals surface area contributed by atoms with E-state index in [-0.39, 0.29) is 32.6 Å². The van der Waals surface area contributed by atoms with Crippen molar-refractivity contribution in [3.05, 3.63) is 76.3 Å². The first-order valence-electron chi connectivity index (χ1n) is 12.2. The molecule has 0 saturated carbocycles. The van der Waals surface area contributed by atoms with Gasteiger partial charge in [0.25, 0.3) is 5.78 Å².